The summed E-state index contributed by atoms with van der Waals surface area (Å²) >= 11 is 6.05. The van der Waals surface area contributed by atoms with E-state index in [0.29, 0.717) is 18.2 Å². The summed E-state index contributed by atoms with van der Waals surface area (Å²) in [5, 5.41) is 11.3. The molecule has 118 valence electrons. The second kappa shape index (κ2) is 7.20. The fraction of sp³-hybridized carbons (Fsp3) is 0.600. The van der Waals surface area contributed by atoms with Crippen LogP contribution in [0.1, 0.15) is 44.7 Å². The van der Waals surface area contributed by atoms with Crippen molar-refractivity contribution < 1.29 is 14.4 Å². The molecule has 1 heterocycles. The maximum absolute atomic E-state index is 10.9. The van der Waals surface area contributed by atoms with Crippen LogP contribution in [0.5, 0.6) is 0 Å². The minimum absolute atomic E-state index is 0.00423. The number of nitro benzene ring substituents is 1. The third kappa shape index (κ3) is 4.40. The molecule has 0 radical (unpaired) electrons. The van der Waals surface area contributed by atoms with Crippen LogP contribution >= 0.6 is 11.6 Å². The Bertz CT molecular complexity index is 507. The van der Waals surface area contributed by atoms with E-state index >= 15 is 0 Å². The van der Waals surface area contributed by atoms with Crippen molar-refractivity contribution in [1.29, 1.82) is 0 Å². The van der Waals surface area contributed by atoms with Crippen molar-refractivity contribution in [2.75, 3.05) is 13.2 Å². The molecule has 0 atom stereocenters. The molecule has 0 amide bonds. The molecule has 21 heavy (non-hydrogen) atoms. The number of nitrogens with zero attached hydrogens (tertiary/aromatic N) is 1. The zero-order valence-corrected chi connectivity index (χ0v) is 13.9. The first-order valence-electron chi connectivity index (χ1n) is 7.02. The zero-order chi connectivity index (χ0) is 16.2. The van der Waals surface area contributed by atoms with Crippen molar-refractivity contribution in [1.82, 2.24) is 0 Å². The molecule has 0 saturated carbocycles. The maximum Gasteiger partial charge on any atom is 0.271 e. The molecule has 1 aromatic carbocycles. The first-order chi connectivity index (χ1) is 9.80. The van der Waals surface area contributed by atoms with E-state index in [1.54, 1.807) is 6.07 Å². The fourth-order valence-corrected chi connectivity index (χ4v) is 2.31. The average Bonchev–Trinajstić information content (AvgIpc) is 2.44. The van der Waals surface area contributed by atoms with Gasteiger partial charge in [-0.25, -0.2) is 0 Å². The van der Waals surface area contributed by atoms with Crippen molar-refractivity contribution in [2.45, 2.75) is 46.3 Å². The molecule has 0 bridgehead atoms. The van der Waals surface area contributed by atoms with Crippen molar-refractivity contribution in [2.24, 2.45) is 0 Å². The van der Waals surface area contributed by atoms with E-state index in [1.165, 1.54) is 6.07 Å². The predicted molar refractivity (Wildman–Crippen MR) is 82.9 cm³/mol. The lowest BCUT2D eigenvalue weighted by Gasteiger charge is -2.35. The van der Waals surface area contributed by atoms with Crippen LogP contribution in [0.15, 0.2) is 12.1 Å². The Morgan fingerprint density at radius 3 is 2.29 bits per heavy atom. The fourth-order valence-electron chi connectivity index (χ4n) is 2.09. The second-order valence-corrected chi connectivity index (χ2v) is 5.52. The van der Waals surface area contributed by atoms with E-state index in [1.807, 2.05) is 34.6 Å². The normalized spacial score (nSPS) is 17.8. The number of non-ortho nitro benzene ring substituents is 1. The lowest BCUT2D eigenvalue weighted by molar-refractivity contribution is -0.385. The monoisotopic (exact) mass is 315 g/mol. The van der Waals surface area contributed by atoms with Crippen LogP contribution in [0.2, 0.25) is 5.02 Å². The van der Waals surface area contributed by atoms with Crippen molar-refractivity contribution >= 4 is 17.3 Å². The van der Waals surface area contributed by atoms with Gasteiger partial charge in [-0.2, -0.15) is 0 Å². The number of hydrogen-bond acceptors (Lipinski definition) is 4. The topological polar surface area (TPSA) is 61.6 Å². The van der Waals surface area contributed by atoms with Gasteiger partial charge < -0.3 is 9.47 Å². The van der Waals surface area contributed by atoms with Crippen LogP contribution in [-0.4, -0.2) is 23.9 Å². The number of rotatable bonds is 2. The highest BCUT2D eigenvalue weighted by atomic mass is 35.5. The summed E-state index contributed by atoms with van der Waals surface area (Å²) in [6.07, 6.45) is 0. The van der Waals surface area contributed by atoms with Gasteiger partial charge in [-0.15, -0.1) is 0 Å². The van der Waals surface area contributed by atoms with Crippen LogP contribution in [0, 0.1) is 17.0 Å². The molecule has 1 saturated heterocycles. The summed E-state index contributed by atoms with van der Waals surface area (Å²) in [6.45, 7) is 10.5. The summed E-state index contributed by atoms with van der Waals surface area (Å²) in [7, 11) is 0. The van der Waals surface area contributed by atoms with Gasteiger partial charge in [-0.1, -0.05) is 25.4 Å². The Hall–Kier alpha value is -1.17. The highest BCUT2D eigenvalue weighted by Gasteiger charge is 2.31. The van der Waals surface area contributed by atoms with Gasteiger partial charge in [0.05, 0.1) is 23.2 Å². The summed E-state index contributed by atoms with van der Waals surface area (Å²) in [4.78, 5) is 10.4. The Labute approximate surface area is 130 Å². The summed E-state index contributed by atoms with van der Waals surface area (Å²) < 4.78 is 11.2. The third-order valence-corrected chi connectivity index (χ3v) is 3.68. The van der Waals surface area contributed by atoms with Gasteiger partial charge in [0.25, 0.3) is 5.69 Å². The minimum atomic E-state index is -0.602. The van der Waals surface area contributed by atoms with Gasteiger partial charge in [0.1, 0.15) is 0 Å². The van der Waals surface area contributed by atoms with E-state index in [9.17, 15) is 10.1 Å². The summed E-state index contributed by atoms with van der Waals surface area (Å²) in [6, 6.07) is 2.92. The minimum Gasteiger partial charge on any atom is -0.350 e. The van der Waals surface area contributed by atoms with Crippen molar-refractivity contribution in [3.8, 4) is 0 Å². The van der Waals surface area contributed by atoms with Crippen LogP contribution in [0.25, 0.3) is 0 Å². The summed E-state index contributed by atoms with van der Waals surface area (Å²) in [5.41, 5.74) is 1.65. The van der Waals surface area contributed by atoms with E-state index in [-0.39, 0.29) is 11.6 Å². The summed E-state index contributed by atoms with van der Waals surface area (Å²) in [5.74, 6) is -0.639. The molecule has 0 N–H and O–H groups in total. The van der Waals surface area contributed by atoms with E-state index in [4.69, 9.17) is 21.1 Å². The molecule has 0 aromatic heterocycles. The molecule has 1 aromatic rings. The van der Waals surface area contributed by atoms with Gasteiger partial charge >= 0.3 is 0 Å². The smallest absolute Gasteiger partial charge is 0.271 e. The molecule has 0 aliphatic carbocycles. The number of hydrogen-bond donors (Lipinski definition) is 0. The lowest BCUT2D eigenvalue weighted by atomic mass is 9.94. The molecule has 1 aliphatic rings. The van der Waals surface area contributed by atoms with Gasteiger partial charge in [0.2, 0.25) is 0 Å². The number of halogens is 1. The lowest BCUT2D eigenvalue weighted by Crippen LogP contribution is -2.38. The highest BCUT2D eigenvalue weighted by Crippen LogP contribution is 2.34. The van der Waals surface area contributed by atoms with Crippen LogP contribution < -0.4 is 0 Å². The van der Waals surface area contributed by atoms with Crippen LogP contribution in [0.3, 0.4) is 0 Å². The molecule has 1 aliphatic heterocycles. The molecular weight excluding hydrogens is 294 g/mol. The Kier molecular flexibility index (Phi) is 6.13. The average molecular weight is 316 g/mol. The van der Waals surface area contributed by atoms with E-state index < -0.39 is 10.7 Å². The molecule has 5 nitrogen and oxygen atoms in total. The largest absolute Gasteiger partial charge is 0.350 e. The Morgan fingerprint density at radius 2 is 1.81 bits per heavy atom. The van der Waals surface area contributed by atoms with Crippen molar-refractivity contribution in [3.63, 3.8) is 0 Å². The molecule has 6 heteroatoms. The Morgan fingerprint density at radius 1 is 1.29 bits per heavy atom. The Balaban J connectivity index is 0.00000106. The maximum atomic E-state index is 10.9. The van der Waals surface area contributed by atoms with E-state index in [0.717, 1.165) is 11.1 Å². The number of ether oxygens (including phenoxy) is 2. The molecule has 1 fully saturated rings. The van der Waals surface area contributed by atoms with Gasteiger partial charge in [-0.05, 0) is 31.9 Å². The van der Waals surface area contributed by atoms with Crippen LogP contribution in [0.4, 0.5) is 5.69 Å². The highest BCUT2D eigenvalue weighted by molar-refractivity contribution is 6.31. The predicted octanol–water partition coefficient (Wildman–Crippen LogP) is 4.45. The number of benzene rings is 1. The molecule has 2 rings (SSSR count). The second-order valence-electron chi connectivity index (χ2n) is 5.12. The molecule has 0 unspecified atom stereocenters. The molecule has 0 spiro atoms. The van der Waals surface area contributed by atoms with Gasteiger partial charge in [-0.3, -0.25) is 10.1 Å². The van der Waals surface area contributed by atoms with Gasteiger partial charge in [0, 0.05) is 18.1 Å². The zero-order valence-electron chi connectivity index (χ0n) is 13.1. The van der Waals surface area contributed by atoms with Crippen molar-refractivity contribution in [3.05, 3.63) is 38.4 Å². The standard InChI is InChI=1S/C13H16ClNO4.C2H6/c1-8-11(4-10(15(16)17)5-12(8)14)9-6-18-13(2,3)19-7-9;1-2/h4-5,9H,6-7H2,1-3H3;1-2H3. The van der Waals surface area contributed by atoms with E-state index in [2.05, 4.69) is 0 Å². The first kappa shape index (κ1) is 17.9. The molecular formula is C15H22ClNO4. The quantitative estimate of drug-likeness (QED) is 0.597. The third-order valence-electron chi connectivity index (χ3n) is 3.28. The number of nitro groups is 1. The van der Waals surface area contributed by atoms with Crippen LogP contribution in [-0.2, 0) is 9.47 Å². The SMILES string of the molecule is CC.Cc1c(Cl)cc([N+](=O)[O-])cc1C1COC(C)(C)OC1. The first-order valence-corrected chi connectivity index (χ1v) is 7.40. The van der Waals surface area contributed by atoms with Gasteiger partial charge in [0.15, 0.2) is 5.79 Å².